The number of ether oxygens (including phenoxy) is 1. The van der Waals surface area contributed by atoms with Gasteiger partial charge in [0, 0.05) is 6.54 Å². The lowest BCUT2D eigenvalue weighted by molar-refractivity contribution is 0.304. The third kappa shape index (κ3) is 8.21. The highest BCUT2D eigenvalue weighted by atomic mass is 16.5. The lowest BCUT2D eigenvalue weighted by atomic mass is 10.1. The third-order valence-corrected chi connectivity index (χ3v) is 3.42. The summed E-state index contributed by atoms with van der Waals surface area (Å²) in [4.78, 5) is 0. The Bertz CT molecular complexity index is 338. The highest BCUT2D eigenvalue weighted by Crippen LogP contribution is 2.14. The normalized spacial score (nSPS) is 10.7. The van der Waals surface area contributed by atoms with Crippen LogP contribution >= 0.6 is 0 Å². The van der Waals surface area contributed by atoms with Crippen molar-refractivity contribution in [3.8, 4) is 5.75 Å². The van der Waals surface area contributed by atoms with Gasteiger partial charge in [0.1, 0.15) is 5.75 Å². The molecular formula is C18H31NO. The summed E-state index contributed by atoms with van der Waals surface area (Å²) < 4.78 is 5.83. The minimum absolute atomic E-state index is 0.845. The standard InChI is InChI=1S/C18H31NO/c1-3-5-6-7-8-9-14-20-18-12-10-11-17(15-18)16-19-13-4-2/h10-12,15,19H,3-9,13-14,16H2,1-2H3. The summed E-state index contributed by atoms with van der Waals surface area (Å²) in [5.41, 5.74) is 1.30. The van der Waals surface area contributed by atoms with Crippen molar-refractivity contribution >= 4 is 0 Å². The molecule has 0 bridgehead atoms. The summed E-state index contributed by atoms with van der Waals surface area (Å²) in [5.74, 6) is 1.01. The lowest BCUT2D eigenvalue weighted by Gasteiger charge is -2.08. The van der Waals surface area contributed by atoms with Crippen LogP contribution < -0.4 is 10.1 Å². The van der Waals surface area contributed by atoms with Gasteiger partial charge in [-0.2, -0.15) is 0 Å². The Morgan fingerprint density at radius 3 is 2.55 bits per heavy atom. The molecule has 2 heteroatoms. The molecule has 1 aromatic carbocycles. The van der Waals surface area contributed by atoms with Crippen molar-refractivity contribution in [1.29, 1.82) is 0 Å². The van der Waals surface area contributed by atoms with Crippen LogP contribution in [0.15, 0.2) is 24.3 Å². The maximum atomic E-state index is 5.83. The van der Waals surface area contributed by atoms with E-state index in [2.05, 4.69) is 43.4 Å². The predicted molar refractivity (Wildman–Crippen MR) is 87.3 cm³/mol. The molecule has 0 aromatic heterocycles. The first-order valence-corrected chi connectivity index (χ1v) is 8.29. The zero-order valence-electron chi connectivity index (χ0n) is 13.3. The average Bonchev–Trinajstić information content (AvgIpc) is 2.47. The van der Waals surface area contributed by atoms with E-state index in [0.29, 0.717) is 0 Å². The number of nitrogens with one attached hydrogen (secondary N) is 1. The molecule has 0 spiro atoms. The van der Waals surface area contributed by atoms with E-state index in [1.165, 1.54) is 50.5 Å². The molecule has 114 valence electrons. The van der Waals surface area contributed by atoms with Crippen molar-refractivity contribution in [1.82, 2.24) is 5.32 Å². The van der Waals surface area contributed by atoms with Crippen LogP contribution in [0.3, 0.4) is 0 Å². The van der Waals surface area contributed by atoms with Crippen LogP contribution in [-0.2, 0) is 6.54 Å². The molecule has 0 aliphatic heterocycles. The Morgan fingerprint density at radius 2 is 1.75 bits per heavy atom. The van der Waals surface area contributed by atoms with Gasteiger partial charge in [0.25, 0.3) is 0 Å². The van der Waals surface area contributed by atoms with Crippen LogP contribution in [0.1, 0.15) is 64.4 Å². The van der Waals surface area contributed by atoms with Gasteiger partial charge < -0.3 is 10.1 Å². The second kappa shape index (κ2) is 11.8. The Kier molecular flexibility index (Phi) is 10.0. The van der Waals surface area contributed by atoms with E-state index in [1.54, 1.807) is 0 Å². The monoisotopic (exact) mass is 277 g/mol. The van der Waals surface area contributed by atoms with Crippen LogP contribution in [0.4, 0.5) is 0 Å². The molecule has 0 unspecified atom stereocenters. The largest absolute Gasteiger partial charge is 0.494 e. The summed E-state index contributed by atoms with van der Waals surface area (Å²) >= 11 is 0. The summed E-state index contributed by atoms with van der Waals surface area (Å²) in [5, 5.41) is 3.42. The van der Waals surface area contributed by atoms with Crippen molar-refractivity contribution in [3.05, 3.63) is 29.8 Å². The van der Waals surface area contributed by atoms with Crippen molar-refractivity contribution in [2.75, 3.05) is 13.2 Å². The minimum Gasteiger partial charge on any atom is -0.494 e. The van der Waals surface area contributed by atoms with E-state index < -0.39 is 0 Å². The Balaban J connectivity index is 2.14. The molecule has 0 amide bonds. The maximum Gasteiger partial charge on any atom is 0.119 e. The van der Waals surface area contributed by atoms with Gasteiger partial charge in [-0.05, 0) is 37.1 Å². The van der Waals surface area contributed by atoms with Gasteiger partial charge >= 0.3 is 0 Å². The predicted octanol–water partition coefficient (Wildman–Crippen LogP) is 4.93. The van der Waals surface area contributed by atoms with E-state index >= 15 is 0 Å². The van der Waals surface area contributed by atoms with Gasteiger partial charge in [0.15, 0.2) is 0 Å². The van der Waals surface area contributed by atoms with Crippen LogP contribution in [0.2, 0.25) is 0 Å². The fourth-order valence-corrected chi connectivity index (χ4v) is 2.23. The number of unbranched alkanes of at least 4 members (excludes halogenated alkanes) is 5. The van der Waals surface area contributed by atoms with Crippen LogP contribution in [0.5, 0.6) is 5.75 Å². The fourth-order valence-electron chi connectivity index (χ4n) is 2.23. The highest BCUT2D eigenvalue weighted by Gasteiger charge is 1.97. The molecule has 0 aliphatic carbocycles. The van der Waals surface area contributed by atoms with Gasteiger partial charge in [0.05, 0.1) is 6.61 Å². The molecular weight excluding hydrogens is 246 g/mol. The zero-order chi connectivity index (χ0) is 14.5. The van der Waals surface area contributed by atoms with Crippen LogP contribution in [0, 0.1) is 0 Å². The average molecular weight is 277 g/mol. The van der Waals surface area contributed by atoms with Crippen LogP contribution in [-0.4, -0.2) is 13.2 Å². The van der Waals surface area contributed by atoms with Gasteiger partial charge in [-0.15, -0.1) is 0 Å². The summed E-state index contributed by atoms with van der Waals surface area (Å²) in [6, 6.07) is 8.44. The Morgan fingerprint density at radius 1 is 0.950 bits per heavy atom. The fraction of sp³-hybridized carbons (Fsp3) is 0.667. The van der Waals surface area contributed by atoms with Gasteiger partial charge in [-0.25, -0.2) is 0 Å². The van der Waals surface area contributed by atoms with E-state index in [-0.39, 0.29) is 0 Å². The first-order chi connectivity index (χ1) is 9.86. The van der Waals surface area contributed by atoms with Crippen molar-refractivity contribution < 1.29 is 4.74 Å². The van der Waals surface area contributed by atoms with Gasteiger partial charge in [-0.1, -0.05) is 58.1 Å². The van der Waals surface area contributed by atoms with E-state index in [4.69, 9.17) is 4.74 Å². The van der Waals surface area contributed by atoms with E-state index in [1.807, 2.05) is 0 Å². The molecule has 0 atom stereocenters. The first kappa shape index (κ1) is 17.0. The number of benzene rings is 1. The zero-order valence-corrected chi connectivity index (χ0v) is 13.3. The van der Waals surface area contributed by atoms with Crippen molar-refractivity contribution in [2.45, 2.75) is 65.3 Å². The Hall–Kier alpha value is -1.02. The summed E-state index contributed by atoms with van der Waals surface area (Å²) in [7, 11) is 0. The van der Waals surface area contributed by atoms with Gasteiger partial charge in [0.2, 0.25) is 0 Å². The second-order valence-electron chi connectivity index (χ2n) is 5.44. The minimum atomic E-state index is 0.845. The number of hydrogen-bond donors (Lipinski definition) is 1. The third-order valence-electron chi connectivity index (χ3n) is 3.42. The number of rotatable bonds is 12. The lowest BCUT2D eigenvalue weighted by Crippen LogP contribution is -2.13. The Labute approximate surface area is 124 Å². The molecule has 0 fully saturated rings. The van der Waals surface area contributed by atoms with E-state index in [0.717, 1.165) is 25.4 Å². The van der Waals surface area contributed by atoms with Gasteiger partial charge in [-0.3, -0.25) is 0 Å². The molecule has 0 saturated carbocycles. The SMILES string of the molecule is CCCCCCCCOc1cccc(CNCCC)c1. The molecule has 1 aromatic rings. The first-order valence-electron chi connectivity index (χ1n) is 8.29. The second-order valence-corrected chi connectivity index (χ2v) is 5.44. The maximum absolute atomic E-state index is 5.83. The summed E-state index contributed by atoms with van der Waals surface area (Å²) in [6.07, 6.45) is 9.03. The molecule has 0 radical (unpaired) electrons. The molecule has 0 heterocycles. The quantitative estimate of drug-likeness (QED) is 0.547. The number of hydrogen-bond acceptors (Lipinski definition) is 2. The smallest absolute Gasteiger partial charge is 0.119 e. The topological polar surface area (TPSA) is 21.3 Å². The molecule has 2 nitrogen and oxygen atoms in total. The molecule has 20 heavy (non-hydrogen) atoms. The molecule has 0 saturated heterocycles. The molecule has 0 aliphatic rings. The van der Waals surface area contributed by atoms with Crippen molar-refractivity contribution in [3.63, 3.8) is 0 Å². The molecule has 1 rings (SSSR count). The highest BCUT2D eigenvalue weighted by molar-refractivity contribution is 5.28. The summed E-state index contributed by atoms with van der Waals surface area (Å²) in [6.45, 7) is 7.29. The van der Waals surface area contributed by atoms with Crippen molar-refractivity contribution in [2.24, 2.45) is 0 Å². The molecule has 1 N–H and O–H groups in total. The van der Waals surface area contributed by atoms with Crippen LogP contribution in [0.25, 0.3) is 0 Å². The van der Waals surface area contributed by atoms with E-state index in [9.17, 15) is 0 Å².